The monoisotopic (exact) mass is 436 g/mol. The van der Waals surface area contributed by atoms with Gasteiger partial charge in [-0.15, -0.1) is 0 Å². The van der Waals surface area contributed by atoms with E-state index in [0.29, 0.717) is 5.56 Å². The Morgan fingerprint density at radius 3 is 2.42 bits per heavy atom. The number of fused-ring (bicyclic) bond motifs is 1. The maximum Gasteiger partial charge on any atom is 0.126 e. The molecular formula is C27H28N6. The summed E-state index contributed by atoms with van der Waals surface area (Å²) >= 11 is 0. The van der Waals surface area contributed by atoms with Crippen LogP contribution in [-0.4, -0.2) is 42.1 Å². The highest BCUT2D eigenvalue weighted by atomic mass is 15.1. The van der Waals surface area contributed by atoms with Gasteiger partial charge in [0, 0.05) is 23.8 Å². The maximum absolute atomic E-state index is 9.69. The van der Waals surface area contributed by atoms with Gasteiger partial charge >= 0.3 is 0 Å². The average molecular weight is 437 g/mol. The molecule has 2 heterocycles. The van der Waals surface area contributed by atoms with E-state index in [0.717, 1.165) is 54.0 Å². The van der Waals surface area contributed by atoms with E-state index in [1.54, 1.807) is 12.4 Å². The highest BCUT2D eigenvalue weighted by Crippen LogP contribution is 2.30. The standard InChI is InChI=1S/C27H28N6/c1-33(2)14-6-13-29-26-16-24-25(19-31-26)30-18-22(17-28)27(24)32-23-11-9-21(10-12-23)15-20-7-4-3-5-8-20/h3-5,7-12,16,18-19H,6,13-15H2,1-2H3,(H,29,31)(H,30,32). The minimum atomic E-state index is 0.501. The van der Waals surface area contributed by atoms with Gasteiger partial charge in [-0.2, -0.15) is 5.26 Å². The fraction of sp³-hybridized carbons (Fsp3) is 0.222. The summed E-state index contributed by atoms with van der Waals surface area (Å²) < 4.78 is 0. The van der Waals surface area contributed by atoms with E-state index in [4.69, 9.17) is 0 Å². The van der Waals surface area contributed by atoms with Gasteiger partial charge in [0.15, 0.2) is 0 Å². The van der Waals surface area contributed by atoms with E-state index >= 15 is 0 Å². The lowest BCUT2D eigenvalue weighted by molar-refractivity contribution is 0.405. The van der Waals surface area contributed by atoms with Crippen LogP contribution in [0.3, 0.4) is 0 Å². The second kappa shape index (κ2) is 10.6. The first-order valence-corrected chi connectivity index (χ1v) is 11.1. The number of nitriles is 1. The smallest absolute Gasteiger partial charge is 0.126 e. The van der Waals surface area contributed by atoms with E-state index in [9.17, 15) is 5.26 Å². The summed E-state index contributed by atoms with van der Waals surface area (Å²) in [4.78, 5) is 11.1. The predicted molar refractivity (Wildman–Crippen MR) is 135 cm³/mol. The molecule has 0 spiro atoms. The van der Waals surface area contributed by atoms with Crippen LogP contribution >= 0.6 is 0 Å². The Labute approximate surface area is 194 Å². The van der Waals surface area contributed by atoms with Gasteiger partial charge in [0.05, 0.1) is 23.0 Å². The summed E-state index contributed by atoms with van der Waals surface area (Å²) in [7, 11) is 4.13. The average Bonchev–Trinajstić information content (AvgIpc) is 2.84. The molecule has 0 fully saturated rings. The van der Waals surface area contributed by atoms with Crippen LogP contribution < -0.4 is 10.6 Å². The summed E-state index contributed by atoms with van der Waals surface area (Å²) in [5, 5.41) is 17.4. The van der Waals surface area contributed by atoms with Crippen molar-refractivity contribution in [3.63, 3.8) is 0 Å². The van der Waals surface area contributed by atoms with Crippen molar-refractivity contribution in [1.29, 1.82) is 5.26 Å². The fourth-order valence-corrected chi connectivity index (χ4v) is 3.70. The second-order valence-electron chi connectivity index (χ2n) is 8.31. The molecule has 0 atom stereocenters. The van der Waals surface area contributed by atoms with Gasteiger partial charge in [0.1, 0.15) is 11.9 Å². The van der Waals surface area contributed by atoms with Crippen molar-refractivity contribution in [2.45, 2.75) is 12.8 Å². The zero-order chi connectivity index (χ0) is 23.0. The Kier molecular flexibility index (Phi) is 7.13. The van der Waals surface area contributed by atoms with Crippen molar-refractivity contribution in [2.24, 2.45) is 0 Å². The van der Waals surface area contributed by atoms with Crippen molar-refractivity contribution in [1.82, 2.24) is 14.9 Å². The van der Waals surface area contributed by atoms with Crippen LogP contribution in [-0.2, 0) is 6.42 Å². The van der Waals surface area contributed by atoms with Gasteiger partial charge in [0.2, 0.25) is 0 Å². The fourth-order valence-electron chi connectivity index (χ4n) is 3.70. The molecule has 0 aliphatic carbocycles. The summed E-state index contributed by atoms with van der Waals surface area (Å²) in [5.74, 6) is 0.777. The summed E-state index contributed by atoms with van der Waals surface area (Å²) in [6.07, 6.45) is 5.25. The molecule has 0 unspecified atom stereocenters. The largest absolute Gasteiger partial charge is 0.370 e. The van der Waals surface area contributed by atoms with E-state index < -0.39 is 0 Å². The normalized spacial score (nSPS) is 10.8. The molecule has 4 aromatic rings. The first kappa shape index (κ1) is 22.3. The number of nitrogens with zero attached hydrogens (tertiary/aromatic N) is 4. The van der Waals surface area contributed by atoms with Gasteiger partial charge in [-0.3, -0.25) is 4.98 Å². The molecule has 0 saturated heterocycles. The molecule has 166 valence electrons. The number of nitrogens with one attached hydrogen (secondary N) is 2. The molecule has 33 heavy (non-hydrogen) atoms. The Hall–Kier alpha value is -3.95. The van der Waals surface area contributed by atoms with E-state index in [2.05, 4.69) is 82.1 Å². The van der Waals surface area contributed by atoms with Gasteiger partial charge in [-0.05, 0) is 62.8 Å². The predicted octanol–water partition coefficient (Wildman–Crippen LogP) is 5.20. The molecule has 4 rings (SSSR count). The molecule has 0 aliphatic heterocycles. The Balaban J connectivity index is 1.55. The molecular weight excluding hydrogens is 408 g/mol. The molecule has 6 heteroatoms. The van der Waals surface area contributed by atoms with Crippen LogP contribution in [0.4, 0.5) is 17.2 Å². The number of anilines is 3. The molecule has 0 amide bonds. The molecule has 6 nitrogen and oxygen atoms in total. The minimum Gasteiger partial charge on any atom is -0.370 e. The molecule has 2 aromatic carbocycles. The van der Waals surface area contributed by atoms with E-state index in [1.165, 1.54) is 11.1 Å². The number of hydrogen-bond donors (Lipinski definition) is 2. The zero-order valence-electron chi connectivity index (χ0n) is 19.0. The number of benzene rings is 2. The van der Waals surface area contributed by atoms with Crippen LogP contribution in [0.15, 0.2) is 73.1 Å². The van der Waals surface area contributed by atoms with Gasteiger partial charge in [-0.1, -0.05) is 42.5 Å². The highest BCUT2D eigenvalue weighted by molar-refractivity contribution is 5.96. The third-order valence-corrected chi connectivity index (χ3v) is 5.44. The molecule has 2 N–H and O–H groups in total. The van der Waals surface area contributed by atoms with Gasteiger partial charge in [0.25, 0.3) is 0 Å². The molecule has 0 saturated carbocycles. The third-order valence-electron chi connectivity index (χ3n) is 5.44. The van der Waals surface area contributed by atoms with Crippen LogP contribution in [0.1, 0.15) is 23.1 Å². The van der Waals surface area contributed by atoms with Crippen LogP contribution in [0.2, 0.25) is 0 Å². The molecule has 0 radical (unpaired) electrons. The quantitative estimate of drug-likeness (QED) is 0.351. The first-order chi connectivity index (χ1) is 16.1. The van der Waals surface area contributed by atoms with Crippen molar-refractivity contribution in [3.05, 3.63) is 89.7 Å². The Bertz CT molecular complexity index is 1240. The van der Waals surface area contributed by atoms with Gasteiger partial charge < -0.3 is 15.5 Å². The first-order valence-electron chi connectivity index (χ1n) is 11.1. The third kappa shape index (κ3) is 5.85. The molecule has 2 aromatic heterocycles. The SMILES string of the molecule is CN(C)CCCNc1cc2c(Nc3ccc(Cc4ccccc4)cc3)c(C#N)cnc2cn1. The number of aromatic nitrogens is 2. The van der Waals surface area contributed by atoms with Crippen LogP contribution in [0.25, 0.3) is 10.9 Å². The zero-order valence-corrected chi connectivity index (χ0v) is 19.0. The minimum absolute atomic E-state index is 0.501. The van der Waals surface area contributed by atoms with Crippen LogP contribution in [0, 0.1) is 11.3 Å². The maximum atomic E-state index is 9.69. The number of pyridine rings is 2. The lowest BCUT2D eigenvalue weighted by Crippen LogP contribution is -2.16. The van der Waals surface area contributed by atoms with Crippen molar-refractivity contribution >= 4 is 28.1 Å². The molecule has 0 bridgehead atoms. The summed E-state index contributed by atoms with van der Waals surface area (Å²) in [6, 6.07) is 23.0. The Morgan fingerprint density at radius 2 is 1.70 bits per heavy atom. The van der Waals surface area contributed by atoms with Gasteiger partial charge in [-0.25, -0.2) is 4.98 Å². The highest BCUT2D eigenvalue weighted by Gasteiger charge is 2.11. The van der Waals surface area contributed by atoms with Crippen LogP contribution in [0.5, 0.6) is 0 Å². The lowest BCUT2D eigenvalue weighted by atomic mass is 10.0. The van der Waals surface area contributed by atoms with E-state index in [1.807, 2.05) is 24.3 Å². The van der Waals surface area contributed by atoms with E-state index in [-0.39, 0.29) is 0 Å². The second-order valence-corrected chi connectivity index (χ2v) is 8.31. The summed E-state index contributed by atoms with van der Waals surface area (Å²) in [5.41, 5.74) is 5.44. The topological polar surface area (TPSA) is 76.9 Å². The van der Waals surface area contributed by atoms with Crippen molar-refractivity contribution in [3.8, 4) is 6.07 Å². The van der Waals surface area contributed by atoms with Crippen molar-refractivity contribution in [2.75, 3.05) is 37.8 Å². The molecule has 0 aliphatic rings. The Morgan fingerprint density at radius 1 is 0.939 bits per heavy atom. The number of hydrogen-bond acceptors (Lipinski definition) is 6. The summed E-state index contributed by atoms with van der Waals surface area (Å²) in [6.45, 7) is 1.83. The van der Waals surface area contributed by atoms with Crippen molar-refractivity contribution < 1.29 is 0 Å². The lowest BCUT2D eigenvalue weighted by Gasteiger charge is -2.14. The number of rotatable bonds is 9.